The van der Waals surface area contributed by atoms with Crippen LogP contribution < -0.4 is 0 Å². The van der Waals surface area contributed by atoms with Gasteiger partial charge in [-0.05, 0) is 49.4 Å². The first-order valence-corrected chi connectivity index (χ1v) is 42.8. The van der Waals surface area contributed by atoms with Crippen molar-refractivity contribution >= 4 is 39.5 Å². The number of phosphoric acid groups is 2. The molecule has 0 fully saturated rings. The lowest BCUT2D eigenvalue weighted by atomic mass is 9.99. The zero-order valence-electron chi connectivity index (χ0n) is 63.0. The van der Waals surface area contributed by atoms with Crippen molar-refractivity contribution in [3.8, 4) is 0 Å². The summed E-state index contributed by atoms with van der Waals surface area (Å²) in [5, 5.41) is 10.6. The predicted octanol–water partition coefficient (Wildman–Crippen LogP) is 22.4. The molecule has 0 aliphatic rings. The van der Waals surface area contributed by atoms with Crippen LogP contribution in [0.3, 0.4) is 0 Å². The van der Waals surface area contributed by atoms with Gasteiger partial charge < -0.3 is 33.8 Å². The minimum absolute atomic E-state index is 0.102. The highest BCUT2D eigenvalue weighted by Crippen LogP contribution is 2.45. The first kappa shape index (κ1) is 94.1. The van der Waals surface area contributed by atoms with Crippen molar-refractivity contribution in [1.29, 1.82) is 0 Å². The predicted molar refractivity (Wildman–Crippen MR) is 391 cm³/mol. The number of unbranched alkanes of at least 4 members (excludes halogenated alkanes) is 37. The van der Waals surface area contributed by atoms with Crippen LogP contribution in [-0.2, 0) is 65.4 Å². The summed E-state index contributed by atoms with van der Waals surface area (Å²) in [7, 11) is -9.91. The fourth-order valence-corrected chi connectivity index (χ4v) is 13.2. The Morgan fingerprint density at radius 1 is 0.292 bits per heavy atom. The highest BCUT2D eigenvalue weighted by Gasteiger charge is 2.30. The van der Waals surface area contributed by atoms with Crippen molar-refractivity contribution in [3.05, 3.63) is 0 Å². The van der Waals surface area contributed by atoms with E-state index >= 15 is 0 Å². The molecule has 0 aromatic carbocycles. The number of rotatable bonds is 74. The Bertz CT molecular complexity index is 1890. The van der Waals surface area contributed by atoms with Crippen LogP contribution in [-0.4, -0.2) is 96.7 Å². The van der Waals surface area contributed by atoms with Gasteiger partial charge in [-0.1, -0.05) is 338 Å². The number of esters is 4. The van der Waals surface area contributed by atoms with Crippen molar-refractivity contribution < 1.29 is 80.2 Å². The van der Waals surface area contributed by atoms with Gasteiger partial charge in [0.15, 0.2) is 12.2 Å². The van der Waals surface area contributed by atoms with Gasteiger partial charge in [0, 0.05) is 25.7 Å². The standard InChI is InChI=1S/C77H150O17P2/c1-9-68(6)54-46-38-30-26-22-18-16-14-12-13-15-17-19-23-28-32-43-51-59-76(81)93-72(63-87-74(79)57-49-41-31-27-24-20-21-25-29-37-45-53-67(4)5)65-91-95(83,84)89-61-71(78)62-90-96(85,86)92-66-73(94-77(82)60-52-44-36-34-40-48-56-70(8)11-3)64-88-75(80)58-50-42-35-33-39-47-55-69(7)10-2/h67-73,78H,9-66H2,1-8H3,(H,83,84)(H,85,86)/t68?,69?,70?,71-,72-,73-/m1/s1. The number of hydrogen-bond donors (Lipinski definition) is 3. The molecule has 0 radical (unpaired) electrons. The normalized spacial score (nSPS) is 15.0. The average Bonchev–Trinajstić information content (AvgIpc) is 1.32. The summed E-state index contributed by atoms with van der Waals surface area (Å²) in [6, 6.07) is 0. The van der Waals surface area contributed by atoms with E-state index in [-0.39, 0.29) is 25.7 Å². The van der Waals surface area contributed by atoms with Gasteiger partial charge in [-0.3, -0.25) is 37.3 Å². The van der Waals surface area contributed by atoms with E-state index in [0.29, 0.717) is 25.7 Å². The van der Waals surface area contributed by atoms with Crippen molar-refractivity contribution in [3.63, 3.8) is 0 Å². The first-order valence-electron chi connectivity index (χ1n) is 39.8. The Labute approximate surface area is 588 Å². The van der Waals surface area contributed by atoms with Gasteiger partial charge >= 0.3 is 39.5 Å². The van der Waals surface area contributed by atoms with Gasteiger partial charge in [0.25, 0.3) is 0 Å². The largest absolute Gasteiger partial charge is 0.472 e. The maximum Gasteiger partial charge on any atom is 0.472 e. The number of hydrogen-bond acceptors (Lipinski definition) is 15. The molecule has 17 nitrogen and oxygen atoms in total. The number of aliphatic hydroxyl groups is 1. The van der Waals surface area contributed by atoms with Crippen LogP contribution in [0.5, 0.6) is 0 Å². The topological polar surface area (TPSA) is 237 Å². The van der Waals surface area contributed by atoms with E-state index in [1.165, 1.54) is 186 Å². The summed E-state index contributed by atoms with van der Waals surface area (Å²) in [6.07, 6.45) is 51.5. The molecular formula is C77H150O17P2. The molecule has 0 spiro atoms. The van der Waals surface area contributed by atoms with Crippen LogP contribution in [0.1, 0.15) is 389 Å². The zero-order valence-corrected chi connectivity index (χ0v) is 64.8. The second-order valence-electron chi connectivity index (χ2n) is 28.9. The van der Waals surface area contributed by atoms with Gasteiger partial charge in [-0.25, -0.2) is 9.13 Å². The van der Waals surface area contributed by atoms with Crippen LogP contribution >= 0.6 is 15.6 Å². The molecule has 0 saturated heterocycles. The molecule has 8 atom stereocenters. The summed E-state index contributed by atoms with van der Waals surface area (Å²) >= 11 is 0. The van der Waals surface area contributed by atoms with E-state index in [2.05, 4.69) is 55.4 Å². The number of ether oxygens (including phenoxy) is 4. The Balaban J connectivity index is 5.20. The Morgan fingerprint density at radius 2 is 0.500 bits per heavy atom. The molecule has 0 heterocycles. The molecule has 0 aliphatic carbocycles. The third-order valence-electron chi connectivity index (χ3n) is 18.9. The van der Waals surface area contributed by atoms with Crippen molar-refractivity contribution in [2.75, 3.05) is 39.6 Å². The van der Waals surface area contributed by atoms with Gasteiger partial charge in [-0.15, -0.1) is 0 Å². The van der Waals surface area contributed by atoms with Crippen molar-refractivity contribution in [2.45, 2.75) is 408 Å². The monoisotopic (exact) mass is 1410 g/mol. The molecule has 19 heteroatoms. The molecule has 3 N–H and O–H groups in total. The molecular weight excluding hydrogens is 1260 g/mol. The maximum absolute atomic E-state index is 13.1. The third kappa shape index (κ3) is 66.6. The van der Waals surface area contributed by atoms with Gasteiger partial charge in [0.05, 0.1) is 26.4 Å². The first-order chi connectivity index (χ1) is 46.2. The molecule has 0 aromatic heterocycles. The lowest BCUT2D eigenvalue weighted by Gasteiger charge is -2.21. The minimum Gasteiger partial charge on any atom is -0.462 e. The van der Waals surface area contributed by atoms with Crippen LogP contribution in [0.4, 0.5) is 0 Å². The molecule has 0 amide bonds. The molecule has 0 aromatic rings. The quantitative estimate of drug-likeness (QED) is 0.0222. The van der Waals surface area contributed by atoms with E-state index in [1.54, 1.807) is 0 Å². The number of carbonyl (C=O) groups excluding carboxylic acids is 4. The molecule has 96 heavy (non-hydrogen) atoms. The lowest BCUT2D eigenvalue weighted by molar-refractivity contribution is -0.161. The second-order valence-corrected chi connectivity index (χ2v) is 31.9. The van der Waals surface area contributed by atoms with Crippen molar-refractivity contribution in [2.24, 2.45) is 23.7 Å². The minimum atomic E-state index is -4.96. The Kier molecular flexibility index (Phi) is 65.0. The van der Waals surface area contributed by atoms with Crippen LogP contribution in [0.25, 0.3) is 0 Å². The smallest absolute Gasteiger partial charge is 0.462 e. The van der Waals surface area contributed by atoms with Crippen LogP contribution in [0, 0.1) is 23.7 Å². The second kappa shape index (κ2) is 66.3. The number of phosphoric ester groups is 2. The average molecular weight is 1410 g/mol. The summed E-state index contributed by atoms with van der Waals surface area (Å²) in [5.41, 5.74) is 0. The van der Waals surface area contributed by atoms with Gasteiger partial charge in [0.1, 0.15) is 19.3 Å². The van der Waals surface area contributed by atoms with E-state index in [0.717, 1.165) is 120 Å². The van der Waals surface area contributed by atoms with Gasteiger partial charge in [-0.2, -0.15) is 0 Å². The highest BCUT2D eigenvalue weighted by atomic mass is 31.2. The van der Waals surface area contributed by atoms with E-state index < -0.39 is 97.5 Å². The maximum atomic E-state index is 13.1. The number of carbonyl (C=O) groups is 4. The molecule has 0 bridgehead atoms. The molecule has 0 aliphatic heterocycles. The fourth-order valence-electron chi connectivity index (χ4n) is 11.6. The van der Waals surface area contributed by atoms with Crippen molar-refractivity contribution in [1.82, 2.24) is 0 Å². The summed E-state index contributed by atoms with van der Waals surface area (Å²) in [4.78, 5) is 72.8. The summed E-state index contributed by atoms with van der Waals surface area (Å²) < 4.78 is 68.5. The fraction of sp³-hybridized carbons (Fsp3) is 0.948. The molecule has 0 rings (SSSR count). The highest BCUT2D eigenvalue weighted by molar-refractivity contribution is 7.47. The lowest BCUT2D eigenvalue weighted by Crippen LogP contribution is -2.30. The summed E-state index contributed by atoms with van der Waals surface area (Å²) in [6.45, 7) is 14.2. The van der Waals surface area contributed by atoms with E-state index in [4.69, 9.17) is 37.0 Å². The van der Waals surface area contributed by atoms with E-state index in [1.807, 2.05) is 0 Å². The Hall–Kier alpha value is -1.94. The van der Waals surface area contributed by atoms with Crippen LogP contribution in [0.2, 0.25) is 0 Å². The molecule has 0 saturated carbocycles. The van der Waals surface area contributed by atoms with Gasteiger partial charge in [0.2, 0.25) is 0 Å². The Morgan fingerprint density at radius 3 is 0.740 bits per heavy atom. The summed E-state index contributed by atoms with van der Waals surface area (Å²) in [5.74, 6) is 0.968. The number of aliphatic hydroxyl groups excluding tert-OH is 1. The molecule has 570 valence electrons. The van der Waals surface area contributed by atoms with E-state index in [9.17, 15) is 43.2 Å². The zero-order chi connectivity index (χ0) is 71.0. The molecule has 5 unspecified atom stereocenters. The SMILES string of the molecule is CCC(C)CCCCCCCCCCCCCCCCCCCCC(=O)O[C@H](COC(=O)CCCCCCCCCCCCCC(C)C)COP(=O)(O)OC[C@@H](O)COP(=O)(O)OC[C@@H](COC(=O)CCCCCCCCC(C)CC)OC(=O)CCCCCCCCC(C)CC. The third-order valence-corrected chi connectivity index (χ3v) is 20.8. The van der Waals surface area contributed by atoms with Crippen LogP contribution in [0.15, 0.2) is 0 Å².